The highest BCUT2D eigenvalue weighted by molar-refractivity contribution is 6.16. The van der Waals surface area contributed by atoms with Gasteiger partial charge in [0, 0.05) is 43.5 Å². The molecule has 178 valence electrons. The van der Waals surface area contributed by atoms with Gasteiger partial charge < -0.3 is 4.90 Å². The predicted octanol–water partition coefficient (Wildman–Crippen LogP) is 3.62. The molecule has 1 saturated heterocycles. The van der Waals surface area contributed by atoms with Crippen LogP contribution in [-0.4, -0.2) is 62.4 Å². The summed E-state index contributed by atoms with van der Waals surface area (Å²) in [6.45, 7) is 2.22. The van der Waals surface area contributed by atoms with E-state index in [0.29, 0.717) is 18.4 Å². The summed E-state index contributed by atoms with van der Waals surface area (Å²) in [5.74, 6) is 1.82. The fourth-order valence-corrected chi connectivity index (χ4v) is 5.68. The number of fused-ring (bicyclic) bond motifs is 1. The molecule has 7 nitrogen and oxygen atoms in total. The number of hydrogen-bond acceptors (Lipinski definition) is 4. The zero-order valence-electron chi connectivity index (χ0n) is 20.0. The molecule has 1 spiro atoms. The molecular formula is C28H29N5O2. The minimum absolute atomic E-state index is 0.144. The number of aromatic nitrogens is 2. The lowest BCUT2D eigenvalue weighted by molar-refractivity contribution is -0.131. The van der Waals surface area contributed by atoms with Gasteiger partial charge in [0.25, 0.3) is 5.91 Å². The summed E-state index contributed by atoms with van der Waals surface area (Å²) in [6.07, 6.45) is 6.60. The Labute approximate surface area is 204 Å². The van der Waals surface area contributed by atoms with Crippen molar-refractivity contribution in [3.63, 3.8) is 0 Å². The van der Waals surface area contributed by atoms with Gasteiger partial charge in [-0.05, 0) is 61.3 Å². The molecule has 2 aromatic carbocycles. The normalized spacial score (nSPS) is 22.9. The highest BCUT2D eigenvalue weighted by Gasteiger charge is 2.57. The summed E-state index contributed by atoms with van der Waals surface area (Å²) in [5.41, 5.74) is 3.84. The Hall–Kier alpha value is -3.48. The maximum atomic E-state index is 13.3. The third-order valence-electron chi connectivity index (χ3n) is 8.13. The number of nitrogens with zero attached hydrogens (tertiary/aromatic N) is 5. The fourth-order valence-electron chi connectivity index (χ4n) is 5.68. The Balaban J connectivity index is 1.12. The average Bonchev–Trinajstić information content (AvgIpc) is 3.78. The molecule has 3 heterocycles. The first-order valence-corrected chi connectivity index (χ1v) is 12.7. The van der Waals surface area contributed by atoms with Crippen LogP contribution in [0.3, 0.4) is 0 Å². The molecule has 7 rings (SSSR count). The van der Waals surface area contributed by atoms with Gasteiger partial charge >= 0.3 is 0 Å². The predicted molar refractivity (Wildman–Crippen MR) is 134 cm³/mol. The Morgan fingerprint density at radius 2 is 1.77 bits per heavy atom. The molecule has 1 aromatic heterocycles. The lowest BCUT2D eigenvalue weighted by Crippen LogP contribution is -2.40. The molecule has 3 fully saturated rings. The molecule has 1 atom stereocenters. The van der Waals surface area contributed by atoms with E-state index in [1.54, 1.807) is 0 Å². The number of aliphatic imine (C=N–C) groups is 1. The van der Waals surface area contributed by atoms with Crippen LogP contribution in [0.15, 0.2) is 53.7 Å². The fraction of sp³-hybridized carbons (Fsp3) is 0.429. The number of aryl methyl sites for hydroxylation is 1. The van der Waals surface area contributed by atoms with Crippen LogP contribution >= 0.6 is 0 Å². The van der Waals surface area contributed by atoms with E-state index in [-0.39, 0.29) is 11.8 Å². The van der Waals surface area contributed by atoms with Crippen LogP contribution in [0.1, 0.15) is 37.7 Å². The van der Waals surface area contributed by atoms with Crippen molar-refractivity contribution < 1.29 is 9.59 Å². The standard InChI is InChI=1S/C28H29N5O2/c1-31-24-9-8-22(14-23(24)15-29-31)19-2-4-20(5-3-19)25-30-28(11-12-28)27(35)33(25)17-18-10-13-32(16-18)26(34)21-6-7-21/h2-5,8-9,14-15,18,21H,6-7,10-13,16-17H2,1H3. The monoisotopic (exact) mass is 467 g/mol. The highest BCUT2D eigenvalue weighted by atomic mass is 16.2. The SMILES string of the molecule is Cn1ncc2cc(-c3ccc(C4=NC5(CC5)C(=O)N4CC4CCN(C(=O)C5CC5)C4)cc3)ccc21. The molecule has 2 aliphatic heterocycles. The van der Waals surface area contributed by atoms with Gasteiger partial charge in [0.05, 0.1) is 11.7 Å². The van der Waals surface area contributed by atoms with Gasteiger partial charge in [0.2, 0.25) is 5.91 Å². The highest BCUT2D eigenvalue weighted by Crippen LogP contribution is 2.46. The van der Waals surface area contributed by atoms with Crippen molar-refractivity contribution in [1.82, 2.24) is 19.6 Å². The molecular weight excluding hydrogens is 438 g/mol. The number of likely N-dealkylation sites (tertiary alicyclic amines) is 1. The van der Waals surface area contributed by atoms with Crippen LogP contribution in [-0.2, 0) is 16.6 Å². The first kappa shape index (κ1) is 20.9. The van der Waals surface area contributed by atoms with E-state index >= 15 is 0 Å². The van der Waals surface area contributed by atoms with Crippen LogP contribution in [0.25, 0.3) is 22.0 Å². The summed E-state index contributed by atoms with van der Waals surface area (Å²) in [4.78, 5) is 34.7. The lowest BCUT2D eigenvalue weighted by Gasteiger charge is -2.23. The molecule has 1 unspecified atom stereocenters. The molecule has 7 heteroatoms. The Kier molecular flexibility index (Phi) is 4.47. The van der Waals surface area contributed by atoms with E-state index in [0.717, 1.165) is 78.6 Å². The Morgan fingerprint density at radius 1 is 1.03 bits per heavy atom. The second-order valence-corrected chi connectivity index (χ2v) is 10.7. The van der Waals surface area contributed by atoms with Gasteiger partial charge in [0.1, 0.15) is 11.4 Å². The first-order chi connectivity index (χ1) is 17.0. The van der Waals surface area contributed by atoms with Gasteiger partial charge in [-0.2, -0.15) is 5.10 Å². The summed E-state index contributed by atoms with van der Waals surface area (Å²) in [5, 5.41) is 5.46. The third-order valence-corrected chi connectivity index (χ3v) is 8.13. The van der Waals surface area contributed by atoms with Gasteiger partial charge in [0.15, 0.2) is 0 Å². The van der Waals surface area contributed by atoms with Gasteiger partial charge in [-0.1, -0.05) is 30.3 Å². The van der Waals surface area contributed by atoms with Crippen molar-refractivity contribution in [3.8, 4) is 11.1 Å². The van der Waals surface area contributed by atoms with E-state index in [2.05, 4.69) is 47.6 Å². The van der Waals surface area contributed by atoms with Crippen molar-refractivity contribution >= 4 is 28.6 Å². The number of carbonyl (C=O) groups excluding carboxylic acids is 2. The Morgan fingerprint density at radius 3 is 2.51 bits per heavy atom. The maximum Gasteiger partial charge on any atom is 0.256 e. The number of rotatable bonds is 5. The number of carbonyl (C=O) groups is 2. The molecule has 4 aliphatic rings. The summed E-state index contributed by atoms with van der Waals surface area (Å²) >= 11 is 0. The van der Waals surface area contributed by atoms with Crippen molar-refractivity contribution in [2.24, 2.45) is 23.9 Å². The van der Waals surface area contributed by atoms with Crippen LogP contribution in [0, 0.1) is 11.8 Å². The van der Waals surface area contributed by atoms with Crippen molar-refractivity contribution in [3.05, 3.63) is 54.2 Å². The van der Waals surface area contributed by atoms with Gasteiger partial charge in [-0.3, -0.25) is 24.2 Å². The summed E-state index contributed by atoms with van der Waals surface area (Å²) in [6, 6.07) is 14.8. The molecule has 0 bridgehead atoms. The second-order valence-electron chi connectivity index (χ2n) is 10.7. The van der Waals surface area contributed by atoms with E-state index in [1.165, 1.54) is 0 Å². The molecule has 35 heavy (non-hydrogen) atoms. The van der Waals surface area contributed by atoms with Crippen LogP contribution in [0.4, 0.5) is 0 Å². The minimum Gasteiger partial charge on any atom is -0.342 e. The molecule has 3 aromatic rings. The molecule has 2 amide bonds. The Bertz CT molecular complexity index is 1380. The van der Waals surface area contributed by atoms with Crippen LogP contribution in [0.2, 0.25) is 0 Å². The quantitative estimate of drug-likeness (QED) is 0.576. The van der Waals surface area contributed by atoms with Crippen molar-refractivity contribution in [2.75, 3.05) is 19.6 Å². The van der Waals surface area contributed by atoms with Crippen molar-refractivity contribution in [2.45, 2.75) is 37.6 Å². The van der Waals surface area contributed by atoms with Crippen LogP contribution < -0.4 is 0 Å². The zero-order chi connectivity index (χ0) is 23.7. The van der Waals surface area contributed by atoms with E-state index in [4.69, 9.17) is 4.99 Å². The smallest absolute Gasteiger partial charge is 0.256 e. The maximum absolute atomic E-state index is 13.3. The minimum atomic E-state index is -0.526. The molecule has 2 saturated carbocycles. The second kappa shape index (κ2) is 7.51. The molecule has 2 aliphatic carbocycles. The van der Waals surface area contributed by atoms with E-state index in [1.807, 2.05) is 27.7 Å². The number of benzene rings is 2. The largest absolute Gasteiger partial charge is 0.342 e. The summed E-state index contributed by atoms with van der Waals surface area (Å²) in [7, 11) is 1.95. The summed E-state index contributed by atoms with van der Waals surface area (Å²) < 4.78 is 1.88. The zero-order valence-corrected chi connectivity index (χ0v) is 20.0. The molecule has 0 radical (unpaired) electrons. The molecule has 0 N–H and O–H groups in total. The van der Waals surface area contributed by atoms with Crippen molar-refractivity contribution in [1.29, 1.82) is 0 Å². The van der Waals surface area contributed by atoms with Gasteiger partial charge in [-0.25, -0.2) is 0 Å². The third kappa shape index (κ3) is 3.48. The van der Waals surface area contributed by atoms with E-state index in [9.17, 15) is 9.59 Å². The van der Waals surface area contributed by atoms with Crippen LogP contribution in [0.5, 0.6) is 0 Å². The topological polar surface area (TPSA) is 70.8 Å². The average molecular weight is 468 g/mol. The number of hydrogen-bond donors (Lipinski definition) is 0. The van der Waals surface area contributed by atoms with E-state index < -0.39 is 5.54 Å². The number of amides is 2. The lowest BCUT2D eigenvalue weighted by atomic mass is 10.0. The van der Waals surface area contributed by atoms with Gasteiger partial charge in [-0.15, -0.1) is 0 Å². The number of amidine groups is 1. The first-order valence-electron chi connectivity index (χ1n) is 12.7.